The van der Waals surface area contributed by atoms with Gasteiger partial charge in [-0.3, -0.25) is 4.79 Å². The molecule has 1 aromatic heterocycles. The Kier molecular flexibility index (Phi) is 3.87. The molecule has 0 fully saturated rings. The maximum absolute atomic E-state index is 12.0. The van der Waals surface area contributed by atoms with Gasteiger partial charge in [-0.15, -0.1) is 0 Å². The minimum Gasteiger partial charge on any atom is -0.508 e. The second kappa shape index (κ2) is 6.13. The number of nitrogens with one attached hydrogen (secondary N) is 1. The first kappa shape index (κ1) is 13.9. The molecule has 3 aromatic rings. The SMILES string of the molecule is O=C(NCc1ccccc1)c1cc(-c2ccc(O)cc2)on1. The van der Waals surface area contributed by atoms with Crippen molar-refractivity contribution in [1.29, 1.82) is 0 Å². The van der Waals surface area contributed by atoms with Gasteiger partial charge in [0.05, 0.1) is 0 Å². The molecule has 0 radical (unpaired) electrons. The molecule has 22 heavy (non-hydrogen) atoms. The number of phenolic OH excluding ortho intramolecular Hbond substituents is 1. The van der Waals surface area contributed by atoms with E-state index < -0.39 is 0 Å². The van der Waals surface area contributed by atoms with E-state index in [2.05, 4.69) is 10.5 Å². The molecule has 0 atom stereocenters. The summed E-state index contributed by atoms with van der Waals surface area (Å²) in [6.45, 7) is 0.432. The number of amides is 1. The van der Waals surface area contributed by atoms with E-state index in [0.29, 0.717) is 12.3 Å². The number of phenols is 1. The first-order valence-electron chi connectivity index (χ1n) is 6.80. The zero-order valence-electron chi connectivity index (χ0n) is 11.7. The number of aromatic hydroxyl groups is 1. The largest absolute Gasteiger partial charge is 0.508 e. The molecule has 2 N–H and O–H groups in total. The van der Waals surface area contributed by atoms with Crippen molar-refractivity contribution in [2.75, 3.05) is 0 Å². The molecule has 0 saturated heterocycles. The van der Waals surface area contributed by atoms with Crippen LogP contribution in [0, 0.1) is 0 Å². The fraction of sp³-hybridized carbons (Fsp3) is 0.0588. The van der Waals surface area contributed by atoms with E-state index in [1.165, 1.54) is 0 Å². The summed E-state index contributed by atoms with van der Waals surface area (Å²) in [5.74, 6) is 0.353. The van der Waals surface area contributed by atoms with Crippen molar-refractivity contribution >= 4 is 5.91 Å². The van der Waals surface area contributed by atoms with Crippen LogP contribution >= 0.6 is 0 Å². The molecule has 3 rings (SSSR count). The lowest BCUT2D eigenvalue weighted by molar-refractivity contribution is 0.0942. The number of hydrogen-bond donors (Lipinski definition) is 2. The van der Waals surface area contributed by atoms with Crippen molar-refractivity contribution < 1.29 is 14.4 Å². The molecule has 0 bridgehead atoms. The Bertz CT molecular complexity index is 764. The summed E-state index contributed by atoms with van der Waals surface area (Å²) in [5, 5.41) is 15.8. The van der Waals surface area contributed by atoms with Gasteiger partial charge >= 0.3 is 0 Å². The Balaban J connectivity index is 1.68. The zero-order valence-corrected chi connectivity index (χ0v) is 11.7. The minimum atomic E-state index is -0.294. The molecular formula is C17H14N2O3. The number of rotatable bonds is 4. The fourth-order valence-corrected chi connectivity index (χ4v) is 2.01. The van der Waals surface area contributed by atoms with Gasteiger partial charge in [-0.05, 0) is 29.8 Å². The van der Waals surface area contributed by atoms with Gasteiger partial charge in [0.2, 0.25) is 0 Å². The highest BCUT2D eigenvalue weighted by Crippen LogP contribution is 2.22. The first-order chi connectivity index (χ1) is 10.7. The minimum absolute atomic E-state index is 0.170. The highest BCUT2D eigenvalue weighted by molar-refractivity contribution is 5.93. The van der Waals surface area contributed by atoms with Crippen molar-refractivity contribution in [1.82, 2.24) is 10.5 Å². The van der Waals surface area contributed by atoms with Gasteiger partial charge < -0.3 is 14.9 Å². The van der Waals surface area contributed by atoms with Crippen LogP contribution in [0.5, 0.6) is 5.75 Å². The van der Waals surface area contributed by atoms with E-state index in [4.69, 9.17) is 4.52 Å². The van der Waals surface area contributed by atoms with Crippen LogP contribution in [0.25, 0.3) is 11.3 Å². The van der Waals surface area contributed by atoms with Gasteiger partial charge in [-0.2, -0.15) is 0 Å². The molecule has 2 aromatic carbocycles. The topological polar surface area (TPSA) is 75.4 Å². The predicted molar refractivity (Wildman–Crippen MR) is 81.2 cm³/mol. The lowest BCUT2D eigenvalue weighted by atomic mass is 10.1. The normalized spacial score (nSPS) is 10.4. The van der Waals surface area contributed by atoms with Crippen LogP contribution in [0.1, 0.15) is 16.1 Å². The maximum Gasteiger partial charge on any atom is 0.273 e. The number of aromatic nitrogens is 1. The molecule has 5 nitrogen and oxygen atoms in total. The molecule has 0 aliphatic carbocycles. The summed E-state index contributed by atoms with van der Waals surface area (Å²) in [4.78, 5) is 12.0. The quantitative estimate of drug-likeness (QED) is 0.775. The van der Waals surface area contributed by atoms with E-state index in [1.807, 2.05) is 30.3 Å². The third kappa shape index (κ3) is 3.15. The molecule has 0 spiro atoms. The van der Waals surface area contributed by atoms with E-state index >= 15 is 0 Å². The molecule has 1 heterocycles. The molecule has 0 aliphatic heterocycles. The maximum atomic E-state index is 12.0. The monoisotopic (exact) mass is 294 g/mol. The number of benzene rings is 2. The summed E-state index contributed by atoms with van der Waals surface area (Å²) in [6.07, 6.45) is 0. The summed E-state index contributed by atoms with van der Waals surface area (Å²) in [5.41, 5.74) is 1.98. The molecule has 0 unspecified atom stereocenters. The van der Waals surface area contributed by atoms with Gasteiger partial charge in [0, 0.05) is 18.2 Å². The van der Waals surface area contributed by atoms with E-state index in [9.17, 15) is 9.90 Å². The Morgan fingerprint density at radius 3 is 2.55 bits per heavy atom. The number of hydrogen-bond acceptors (Lipinski definition) is 4. The van der Waals surface area contributed by atoms with Gasteiger partial charge in [-0.25, -0.2) is 0 Å². The van der Waals surface area contributed by atoms with Crippen molar-refractivity contribution in [3.05, 3.63) is 71.9 Å². The van der Waals surface area contributed by atoms with Crippen LogP contribution in [-0.4, -0.2) is 16.2 Å². The van der Waals surface area contributed by atoms with Crippen molar-refractivity contribution in [2.24, 2.45) is 0 Å². The highest BCUT2D eigenvalue weighted by Gasteiger charge is 2.13. The van der Waals surface area contributed by atoms with Crippen LogP contribution in [0.4, 0.5) is 0 Å². The molecule has 0 aliphatic rings. The number of carbonyl (C=O) groups excluding carboxylic acids is 1. The third-order valence-electron chi connectivity index (χ3n) is 3.19. The second-order valence-electron chi connectivity index (χ2n) is 4.79. The van der Waals surface area contributed by atoms with Crippen LogP contribution in [0.15, 0.2) is 65.2 Å². The van der Waals surface area contributed by atoms with Crippen molar-refractivity contribution in [3.8, 4) is 17.1 Å². The molecular weight excluding hydrogens is 280 g/mol. The smallest absolute Gasteiger partial charge is 0.273 e. The summed E-state index contributed by atoms with van der Waals surface area (Å²) in [6, 6.07) is 17.7. The van der Waals surface area contributed by atoms with Crippen LogP contribution in [0.2, 0.25) is 0 Å². The molecule has 5 heteroatoms. The predicted octanol–water partition coefficient (Wildman–Crippen LogP) is 2.98. The van der Waals surface area contributed by atoms with Gasteiger partial charge in [0.1, 0.15) is 5.75 Å². The number of carbonyl (C=O) groups is 1. The van der Waals surface area contributed by atoms with E-state index in [1.54, 1.807) is 30.3 Å². The first-order valence-corrected chi connectivity index (χ1v) is 6.80. The van der Waals surface area contributed by atoms with Crippen molar-refractivity contribution in [2.45, 2.75) is 6.54 Å². The standard InChI is InChI=1S/C17H14N2O3/c20-14-8-6-13(7-9-14)16-10-15(19-22-16)17(21)18-11-12-4-2-1-3-5-12/h1-10,20H,11H2,(H,18,21). The number of nitrogens with zero attached hydrogens (tertiary/aromatic N) is 1. The Hall–Kier alpha value is -3.08. The Morgan fingerprint density at radius 2 is 1.82 bits per heavy atom. The van der Waals surface area contributed by atoms with Crippen molar-refractivity contribution in [3.63, 3.8) is 0 Å². The highest BCUT2D eigenvalue weighted by atomic mass is 16.5. The summed E-state index contributed by atoms with van der Waals surface area (Å²) in [7, 11) is 0. The molecule has 0 saturated carbocycles. The van der Waals surface area contributed by atoms with Gasteiger partial charge in [0.25, 0.3) is 5.91 Å². The van der Waals surface area contributed by atoms with Gasteiger partial charge in [0.15, 0.2) is 11.5 Å². The Labute approximate surface area is 127 Å². The molecule has 1 amide bonds. The van der Waals surface area contributed by atoms with Crippen LogP contribution in [-0.2, 0) is 6.54 Å². The van der Waals surface area contributed by atoms with E-state index in [-0.39, 0.29) is 17.4 Å². The Morgan fingerprint density at radius 1 is 1.09 bits per heavy atom. The second-order valence-corrected chi connectivity index (χ2v) is 4.79. The summed E-state index contributed by atoms with van der Waals surface area (Å²) < 4.78 is 5.17. The summed E-state index contributed by atoms with van der Waals surface area (Å²) >= 11 is 0. The molecule has 110 valence electrons. The van der Waals surface area contributed by atoms with Crippen LogP contribution < -0.4 is 5.32 Å². The average molecular weight is 294 g/mol. The fourth-order valence-electron chi connectivity index (χ4n) is 2.01. The lowest BCUT2D eigenvalue weighted by Crippen LogP contribution is -2.22. The lowest BCUT2D eigenvalue weighted by Gasteiger charge is -2.02. The van der Waals surface area contributed by atoms with Gasteiger partial charge in [-0.1, -0.05) is 35.5 Å². The van der Waals surface area contributed by atoms with Crippen LogP contribution in [0.3, 0.4) is 0 Å². The van der Waals surface area contributed by atoms with E-state index in [0.717, 1.165) is 11.1 Å². The average Bonchev–Trinajstić information content (AvgIpc) is 3.04. The third-order valence-corrected chi connectivity index (χ3v) is 3.19. The zero-order chi connectivity index (χ0) is 15.4.